The molecule has 138 valence electrons. The first-order valence-corrected chi connectivity index (χ1v) is 8.86. The van der Waals surface area contributed by atoms with Crippen molar-refractivity contribution in [2.24, 2.45) is 0 Å². The quantitative estimate of drug-likeness (QED) is 0.679. The third-order valence-corrected chi connectivity index (χ3v) is 4.00. The van der Waals surface area contributed by atoms with Crippen LogP contribution in [-0.4, -0.2) is 24.0 Å². The minimum atomic E-state index is -0.249. The zero-order valence-corrected chi connectivity index (χ0v) is 15.7. The molecule has 1 amide bonds. The number of amides is 1. The van der Waals surface area contributed by atoms with E-state index in [4.69, 9.17) is 4.74 Å². The number of nitrogens with one attached hydrogen (secondary N) is 1. The highest BCUT2D eigenvalue weighted by atomic mass is 16.5. The molecular formula is C22H23N3O2. The molecule has 5 heteroatoms. The van der Waals surface area contributed by atoms with E-state index in [1.165, 1.54) is 0 Å². The lowest BCUT2D eigenvalue weighted by Crippen LogP contribution is -2.15. The maximum Gasteiger partial charge on any atom is 0.274 e. The van der Waals surface area contributed by atoms with Crippen LogP contribution in [0.3, 0.4) is 0 Å². The fraction of sp³-hybridized carbons (Fsp3) is 0.182. The van der Waals surface area contributed by atoms with E-state index < -0.39 is 0 Å². The molecule has 0 fully saturated rings. The molecule has 0 unspecified atom stereocenters. The van der Waals surface area contributed by atoms with E-state index in [1.54, 1.807) is 12.3 Å². The minimum Gasteiger partial charge on any atom is -0.491 e. The summed E-state index contributed by atoms with van der Waals surface area (Å²) >= 11 is 0. The van der Waals surface area contributed by atoms with Gasteiger partial charge in [0.05, 0.1) is 18.0 Å². The van der Waals surface area contributed by atoms with Gasteiger partial charge in [-0.3, -0.25) is 4.79 Å². The number of para-hydroxylation sites is 1. The van der Waals surface area contributed by atoms with Crippen molar-refractivity contribution >= 4 is 23.0 Å². The highest BCUT2D eigenvalue weighted by Crippen LogP contribution is 2.22. The number of carbonyl (C=O) groups excluding carboxylic acids is 1. The van der Waals surface area contributed by atoms with E-state index in [0.717, 1.165) is 17.1 Å². The molecule has 27 heavy (non-hydrogen) atoms. The smallest absolute Gasteiger partial charge is 0.274 e. The fourth-order valence-electron chi connectivity index (χ4n) is 2.60. The molecule has 0 bridgehead atoms. The van der Waals surface area contributed by atoms with Crippen LogP contribution in [0.25, 0.3) is 0 Å². The van der Waals surface area contributed by atoms with Crippen LogP contribution < -0.4 is 15.0 Å². The zero-order valence-electron chi connectivity index (χ0n) is 15.7. The first-order valence-electron chi connectivity index (χ1n) is 8.86. The Morgan fingerprint density at radius 3 is 2.26 bits per heavy atom. The monoisotopic (exact) mass is 361 g/mol. The number of aromatic nitrogens is 1. The highest BCUT2D eigenvalue weighted by molar-refractivity contribution is 6.03. The lowest BCUT2D eigenvalue weighted by Gasteiger charge is -2.19. The molecule has 0 saturated heterocycles. The molecule has 1 aromatic heterocycles. The summed E-state index contributed by atoms with van der Waals surface area (Å²) in [6.45, 7) is 3.94. The lowest BCUT2D eigenvalue weighted by molar-refractivity contribution is 0.102. The maximum atomic E-state index is 12.4. The van der Waals surface area contributed by atoms with Gasteiger partial charge < -0.3 is 15.0 Å². The topological polar surface area (TPSA) is 54.5 Å². The van der Waals surface area contributed by atoms with Gasteiger partial charge in [-0.1, -0.05) is 18.2 Å². The van der Waals surface area contributed by atoms with Crippen LogP contribution in [0.5, 0.6) is 5.75 Å². The van der Waals surface area contributed by atoms with Gasteiger partial charge in [0.2, 0.25) is 0 Å². The van der Waals surface area contributed by atoms with Crippen LogP contribution in [0, 0.1) is 0 Å². The van der Waals surface area contributed by atoms with Crippen LogP contribution >= 0.6 is 0 Å². The molecular weight excluding hydrogens is 338 g/mol. The molecule has 3 aromatic rings. The maximum absolute atomic E-state index is 12.4. The average Bonchev–Trinajstić information content (AvgIpc) is 2.69. The summed E-state index contributed by atoms with van der Waals surface area (Å²) in [5.74, 6) is 0.524. The van der Waals surface area contributed by atoms with Gasteiger partial charge in [0, 0.05) is 18.4 Å². The van der Waals surface area contributed by atoms with Gasteiger partial charge >= 0.3 is 0 Å². The molecule has 0 atom stereocenters. The molecule has 5 nitrogen and oxygen atoms in total. The highest BCUT2D eigenvalue weighted by Gasteiger charge is 2.10. The Morgan fingerprint density at radius 2 is 1.67 bits per heavy atom. The largest absolute Gasteiger partial charge is 0.491 e. The molecule has 0 saturated carbocycles. The predicted molar refractivity (Wildman–Crippen MR) is 109 cm³/mol. The summed E-state index contributed by atoms with van der Waals surface area (Å²) in [6.07, 6.45) is 1.81. The van der Waals surface area contributed by atoms with Crippen molar-refractivity contribution in [1.29, 1.82) is 0 Å². The summed E-state index contributed by atoms with van der Waals surface area (Å²) < 4.78 is 5.60. The standard InChI is InChI=1S/C22H23N3O2/c1-16(2)27-20-12-9-17(10-13-20)24-22(26)21-14-11-19(15-23-21)25(3)18-7-5-4-6-8-18/h4-16H,1-3H3,(H,24,26). The first-order chi connectivity index (χ1) is 13.0. The van der Waals surface area contributed by atoms with Gasteiger partial charge in [-0.2, -0.15) is 0 Å². The van der Waals surface area contributed by atoms with Crippen LogP contribution in [0.1, 0.15) is 24.3 Å². The molecule has 3 rings (SSSR count). The summed E-state index contributed by atoms with van der Waals surface area (Å²) in [5, 5.41) is 2.85. The molecule has 0 aliphatic heterocycles. The fourth-order valence-corrected chi connectivity index (χ4v) is 2.60. The molecule has 0 aliphatic carbocycles. The second-order valence-corrected chi connectivity index (χ2v) is 6.44. The molecule has 2 aromatic carbocycles. The van der Waals surface area contributed by atoms with E-state index in [9.17, 15) is 4.79 Å². The Kier molecular flexibility index (Phi) is 5.71. The van der Waals surface area contributed by atoms with Crippen molar-refractivity contribution in [3.63, 3.8) is 0 Å². The van der Waals surface area contributed by atoms with E-state index in [2.05, 4.69) is 10.3 Å². The third kappa shape index (κ3) is 4.85. The van der Waals surface area contributed by atoms with Crippen molar-refractivity contribution < 1.29 is 9.53 Å². The van der Waals surface area contributed by atoms with Crippen molar-refractivity contribution in [1.82, 2.24) is 4.98 Å². The van der Waals surface area contributed by atoms with Crippen molar-refractivity contribution in [3.05, 3.63) is 78.6 Å². The number of carbonyl (C=O) groups is 1. The number of pyridine rings is 1. The SMILES string of the molecule is CC(C)Oc1ccc(NC(=O)c2ccc(N(C)c3ccccc3)cn2)cc1. The van der Waals surface area contributed by atoms with Gasteiger partial charge in [0.15, 0.2) is 0 Å². The zero-order chi connectivity index (χ0) is 19.2. The first kappa shape index (κ1) is 18.5. The van der Waals surface area contributed by atoms with E-state index >= 15 is 0 Å². The number of anilines is 3. The van der Waals surface area contributed by atoms with Crippen LogP contribution in [0.2, 0.25) is 0 Å². The van der Waals surface area contributed by atoms with Crippen molar-refractivity contribution in [3.8, 4) is 5.75 Å². The average molecular weight is 361 g/mol. The molecule has 1 N–H and O–H groups in total. The van der Waals surface area contributed by atoms with Gasteiger partial charge in [0.1, 0.15) is 11.4 Å². The Morgan fingerprint density at radius 1 is 0.963 bits per heavy atom. The summed E-state index contributed by atoms with van der Waals surface area (Å²) in [6, 6.07) is 20.9. The van der Waals surface area contributed by atoms with Crippen LogP contribution in [-0.2, 0) is 0 Å². The number of benzene rings is 2. The molecule has 0 spiro atoms. The number of nitrogens with zero attached hydrogens (tertiary/aromatic N) is 2. The third-order valence-electron chi connectivity index (χ3n) is 4.00. The number of hydrogen-bond acceptors (Lipinski definition) is 4. The Hall–Kier alpha value is -3.34. The predicted octanol–water partition coefficient (Wildman–Crippen LogP) is 4.89. The summed E-state index contributed by atoms with van der Waals surface area (Å²) in [5.41, 5.74) is 3.03. The van der Waals surface area contributed by atoms with Crippen molar-refractivity contribution in [2.75, 3.05) is 17.3 Å². The second-order valence-electron chi connectivity index (χ2n) is 6.44. The second kappa shape index (κ2) is 8.36. The minimum absolute atomic E-state index is 0.113. The Balaban J connectivity index is 1.65. The van der Waals surface area contributed by atoms with Crippen molar-refractivity contribution in [2.45, 2.75) is 20.0 Å². The summed E-state index contributed by atoms with van der Waals surface area (Å²) in [7, 11) is 1.97. The van der Waals surface area contributed by atoms with E-state index in [-0.39, 0.29) is 12.0 Å². The van der Waals surface area contributed by atoms with E-state index in [0.29, 0.717) is 11.4 Å². The molecule has 0 radical (unpaired) electrons. The Labute approximate surface area is 159 Å². The van der Waals surface area contributed by atoms with E-state index in [1.807, 2.05) is 86.5 Å². The van der Waals surface area contributed by atoms with Gasteiger partial charge in [-0.15, -0.1) is 0 Å². The number of rotatable bonds is 6. The lowest BCUT2D eigenvalue weighted by atomic mass is 10.2. The van der Waals surface area contributed by atoms with Gasteiger partial charge in [0.25, 0.3) is 5.91 Å². The Bertz CT molecular complexity index is 876. The number of ether oxygens (including phenoxy) is 1. The number of hydrogen-bond donors (Lipinski definition) is 1. The van der Waals surface area contributed by atoms with Crippen LogP contribution in [0.4, 0.5) is 17.1 Å². The normalized spacial score (nSPS) is 10.5. The van der Waals surface area contributed by atoms with Gasteiger partial charge in [-0.25, -0.2) is 4.98 Å². The molecule has 1 heterocycles. The molecule has 0 aliphatic rings. The summed E-state index contributed by atoms with van der Waals surface area (Å²) in [4.78, 5) is 18.7. The van der Waals surface area contributed by atoms with Gasteiger partial charge in [-0.05, 0) is 62.4 Å². The van der Waals surface area contributed by atoms with Crippen LogP contribution in [0.15, 0.2) is 72.9 Å².